The van der Waals surface area contributed by atoms with Crippen LogP contribution in [0.2, 0.25) is 5.31 Å². The lowest BCUT2D eigenvalue weighted by atomic mass is 9.56. The Balaban J connectivity index is 1.90. The van der Waals surface area contributed by atoms with Crippen LogP contribution in [-0.2, 0) is 0 Å². The minimum atomic E-state index is -0.360. The standard InChI is InChI=1S/C25H29BN2O4/c1-6-14(7-2)27-21(29)15-10-12-17-20-18(13-11-16(19(15)20)22(27)30)24(32)28(23(17)31)26-25(5,8-3)9-4/h10-14,26H,6-9H2,1-5H3. The fraction of sp³-hybridized carbons (Fsp3) is 0.440. The van der Waals surface area contributed by atoms with E-state index in [0.717, 1.165) is 12.8 Å². The van der Waals surface area contributed by atoms with Crippen LogP contribution < -0.4 is 0 Å². The average molecular weight is 432 g/mol. The number of rotatable bonds is 7. The van der Waals surface area contributed by atoms with E-state index >= 15 is 0 Å². The van der Waals surface area contributed by atoms with Crippen molar-refractivity contribution < 1.29 is 19.2 Å². The van der Waals surface area contributed by atoms with Crippen molar-refractivity contribution in [3.8, 4) is 0 Å². The van der Waals surface area contributed by atoms with Crippen molar-refractivity contribution in [2.75, 3.05) is 0 Å². The second kappa shape index (κ2) is 7.87. The maximum atomic E-state index is 13.4. The number of imide groups is 2. The van der Waals surface area contributed by atoms with Gasteiger partial charge in [-0.15, -0.1) is 0 Å². The predicted octanol–water partition coefficient (Wildman–Crippen LogP) is 4.57. The smallest absolute Gasteiger partial charge is 0.261 e. The van der Waals surface area contributed by atoms with Crippen LogP contribution in [0.1, 0.15) is 102 Å². The summed E-state index contributed by atoms with van der Waals surface area (Å²) in [5.41, 5.74) is 1.53. The van der Waals surface area contributed by atoms with Gasteiger partial charge in [0.1, 0.15) is 0 Å². The lowest BCUT2D eigenvalue weighted by molar-refractivity contribution is 0.0527. The lowest BCUT2D eigenvalue weighted by Crippen LogP contribution is -2.48. The molecular weight excluding hydrogens is 403 g/mol. The summed E-state index contributed by atoms with van der Waals surface area (Å²) in [5, 5.41) is 0.703. The van der Waals surface area contributed by atoms with Crippen molar-refractivity contribution in [3.05, 3.63) is 46.5 Å². The van der Waals surface area contributed by atoms with Crippen LogP contribution in [0.3, 0.4) is 0 Å². The first-order chi connectivity index (χ1) is 15.2. The fourth-order valence-corrected chi connectivity index (χ4v) is 4.93. The van der Waals surface area contributed by atoms with Gasteiger partial charge in [0, 0.05) is 39.1 Å². The van der Waals surface area contributed by atoms with Gasteiger partial charge >= 0.3 is 0 Å². The highest BCUT2D eigenvalue weighted by Gasteiger charge is 2.42. The molecule has 0 bridgehead atoms. The van der Waals surface area contributed by atoms with Crippen molar-refractivity contribution in [2.24, 2.45) is 0 Å². The zero-order valence-electron chi connectivity index (χ0n) is 19.4. The monoisotopic (exact) mass is 432 g/mol. The van der Waals surface area contributed by atoms with Crippen LogP contribution in [-0.4, -0.2) is 46.8 Å². The molecule has 7 heteroatoms. The molecular formula is C25H29BN2O4. The Bertz CT molecular complexity index is 1090. The second-order valence-corrected chi connectivity index (χ2v) is 9.24. The molecule has 0 spiro atoms. The summed E-state index contributed by atoms with van der Waals surface area (Å²) in [6.45, 7) is 10.1. The van der Waals surface area contributed by atoms with Crippen LogP contribution in [0, 0.1) is 0 Å². The largest absolute Gasteiger partial charge is 0.324 e. The Morgan fingerprint density at radius 1 is 0.719 bits per heavy atom. The molecule has 2 aromatic rings. The quantitative estimate of drug-likeness (QED) is 0.475. The van der Waals surface area contributed by atoms with Gasteiger partial charge < -0.3 is 4.81 Å². The lowest BCUT2D eigenvalue weighted by Gasteiger charge is -2.36. The Kier molecular flexibility index (Phi) is 5.47. The number of amides is 4. The molecule has 2 aliphatic heterocycles. The van der Waals surface area contributed by atoms with Gasteiger partial charge in [-0.1, -0.05) is 47.5 Å². The first kappa shape index (κ1) is 22.2. The van der Waals surface area contributed by atoms with Gasteiger partial charge in [0.15, 0.2) is 0 Å². The molecule has 0 N–H and O–H groups in total. The van der Waals surface area contributed by atoms with Crippen molar-refractivity contribution in [1.82, 2.24) is 9.71 Å². The number of hydrogen-bond acceptors (Lipinski definition) is 4. The van der Waals surface area contributed by atoms with E-state index in [1.165, 1.54) is 9.71 Å². The van der Waals surface area contributed by atoms with E-state index in [-0.39, 0.29) is 35.0 Å². The molecule has 0 saturated carbocycles. The Morgan fingerprint density at radius 2 is 1.09 bits per heavy atom. The maximum Gasteiger partial charge on any atom is 0.261 e. The number of benzene rings is 2. The molecule has 4 amide bonds. The number of nitrogens with zero attached hydrogens (tertiary/aromatic N) is 2. The minimum absolute atomic E-state index is 0.172. The topological polar surface area (TPSA) is 74.8 Å². The highest BCUT2D eigenvalue weighted by molar-refractivity contribution is 6.51. The van der Waals surface area contributed by atoms with Crippen LogP contribution in [0.5, 0.6) is 0 Å². The van der Waals surface area contributed by atoms with Gasteiger partial charge in [-0.2, -0.15) is 0 Å². The number of carbonyl (C=O) groups excluding carboxylic acids is 4. The fourth-order valence-electron chi connectivity index (χ4n) is 4.93. The summed E-state index contributed by atoms with van der Waals surface area (Å²) in [7, 11) is 0.336. The summed E-state index contributed by atoms with van der Waals surface area (Å²) in [6, 6.07) is 6.37. The third-order valence-electron chi connectivity index (χ3n) is 7.56. The normalized spacial score (nSPS) is 15.9. The maximum absolute atomic E-state index is 13.4. The summed E-state index contributed by atoms with van der Waals surface area (Å²) in [4.78, 5) is 56.1. The second-order valence-electron chi connectivity index (χ2n) is 9.24. The van der Waals surface area contributed by atoms with E-state index in [1.54, 1.807) is 24.3 Å². The summed E-state index contributed by atoms with van der Waals surface area (Å²) in [5.74, 6) is -1.43. The van der Waals surface area contributed by atoms with E-state index in [4.69, 9.17) is 0 Å². The highest BCUT2D eigenvalue weighted by Crippen LogP contribution is 2.40. The molecule has 4 rings (SSSR count). The van der Waals surface area contributed by atoms with Crippen molar-refractivity contribution in [3.63, 3.8) is 0 Å². The molecule has 6 nitrogen and oxygen atoms in total. The molecule has 0 aromatic heterocycles. The van der Waals surface area contributed by atoms with Gasteiger partial charge in [0.05, 0.1) is 0 Å². The predicted molar refractivity (Wildman–Crippen MR) is 125 cm³/mol. The van der Waals surface area contributed by atoms with Crippen molar-refractivity contribution in [1.29, 1.82) is 0 Å². The molecule has 0 atom stereocenters. The third-order valence-corrected chi connectivity index (χ3v) is 7.56. The van der Waals surface area contributed by atoms with Gasteiger partial charge in [-0.05, 0) is 42.4 Å². The number of carbonyl (C=O) groups is 4. The first-order valence-electron chi connectivity index (χ1n) is 11.6. The Labute approximate surface area is 189 Å². The molecule has 166 valence electrons. The van der Waals surface area contributed by atoms with Crippen molar-refractivity contribution in [2.45, 2.75) is 71.7 Å². The molecule has 32 heavy (non-hydrogen) atoms. The minimum Gasteiger partial charge on any atom is -0.324 e. The van der Waals surface area contributed by atoms with E-state index in [2.05, 4.69) is 20.8 Å². The van der Waals surface area contributed by atoms with E-state index in [1.807, 2.05) is 13.8 Å². The summed E-state index contributed by atoms with van der Waals surface area (Å²) >= 11 is 0. The average Bonchev–Trinajstić information content (AvgIpc) is 2.81. The van der Waals surface area contributed by atoms with Gasteiger partial charge in [0.2, 0.25) is 11.8 Å². The van der Waals surface area contributed by atoms with Crippen LogP contribution in [0.15, 0.2) is 24.3 Å². The summed E-state index contributed by atoms with van der Waals surface area (Å²) < 4.78 is 0. The zero-order chi connectivity index (χ0) is 23.4. The molecule has 2 aliphatic rings. The van der Waals surface area contributed by atoms with Gasteiger partial charge in [-0.3, -0.25) is 24.1 Å². The van der Waals surface area contributed by atoms with E-state index in [0.29, 0.717) is 53.3 Å². The summed E-state index contributed by atoms with van der Waals surface area (Å²) in [6.07, 6.45) is 3.02. The van der Waals surface area contributed by atoms with Crippen LogP contribution >= 0.6 is 0 Å². The third kappa shape index (κ3) is 3.01. The molecule has 0 unspecified atom stereocenters. The number of hydrogen-bond donors (Lipinski definition) is 0. The van der Waals surface area contributed by atoms with Crippen LogP contribution in [0.25, 0.3) is 10.8 Å². The first-order valence-corrected chi connectivity index (χ1v) is 11.6. The van der Waals surface area contributed by atoms with Crippen LogP contribution in [0.4, 0.5) is 0 Å². The molecule has 2 heterocycles. The van der Waals surface area contributed by atoms with Gasteiger partial charge in [-0.25, -0.2) is 0 Å². The van der Waals surface area contributed by atoms with E-state index < -0.39 is 0 Å². The zero-order valence-corrected chi connectivity index (χ0v) is 19.4. The highest BCUT2D eigenvalue weighted by atomic mass is 16.2. The molecule has 0 saturated heterocycles. The molecule has 2 aromatic carbocycles. The molecule has 0 fully saturated rings. The van der Waals surface area contributed by atoms with Crippen molar-refractivity contribution >= 4 is 41.8 Å². The molecule has 0 radical (unpaired) electrons. The van der Waals surface area contributed by atoms with E-state index in [9.17, 15) is 19.2 Å². The SMILES string of the molecule is CCC(CC)N1C(=O)c2ccc3c4c(ccc(c24)C1=O)C(=O)N(BC(C)(CC)CC)C3=O. The Morgan fingerprint density at radius 3 is 1.44 bits per heavy atom. The van der Waals surface area contributed by atoms with Gasteiger partial charge in [0.25, 0.3) is 19.2 Å². The Hall–Kier alpha value is -2.96. The molecule has 0 aliphatic carbocycles.